The first-order valence-electron chi connectivity index (χ1n) is 9.28. The van der Waals surface area contributed by atoms with Crippen molar-refractivity contribution in [1.82, 2.24) is 0 Å². The van der Waals surface area contributed by atoms with Crippen LogP contribution in [-0.2, 0) is 0 Å². The van der Waals surface area contributed by atoms with Crippen molar-refractivity contribution in [3.63, 3.8) is 0 Å². The first kappa shape index (κ1) is 22.7. The van der Waals surface area contributed by atoms with Crippen molar-refractivity contribution >= 4 is 11.0 Å². The van der Waals surface area contributed by atoms with Gasteiger partial charge in [0.1, 0.15) is 28.0 Å². The first-order valence-corrected chi connectivity index (χ1v) is 9.28. The third-order valence-electron chi connectivity index (χ3n) is 4.89. The number of hydrogen-bond donors (Lipinski definition) is 1. The van der Waals surface area contributed by atoms with E-state index in [2.05, 4.69) is 0 Å². The van der Waals surface area contributed by atoms with E-state index in [1.54, 1.807) is 0 Å². The number of aromatic hydroxyl groups is 1. The van der Waals surface area contributed by atoms with Crippen molar-refractivity contribution in [2.24, 2.45) is 0 Å². The summed E-state index contributed by atoms with van der Waals surface area (Å²) in [5.74, 6) is 0.318. The van der Waals surface area contributed by atoms with Crippen LogP contribution in [0.4, 0.5) is 0 Å². The van der Waals surface area contributed by atoms with Crippen LogP contribution in [0.25, 0.3) is 22.3 Å². The van der Waals surface area contributed by atoms with Crippen molar-refractivity contribution in [3.8, 4) is 57.3 Å². The first-order chi connectivity index (χ1) is 15.4. The molecule has 2 aromatic carbocycles. The molecule has 3 rings (SSSR count). The maximum Gasteiger partial charge on any atom is 0.238 e. The van der Waals surface area contributed by atoms with Gasteiger partial charge in [-0.3, -0.25) is 4.79 Å². The molecule has 0 unspecified atom stereocenters. The number of fused-ring (bicyclic) bond motifs is 1. The molecule has 0 saturated carbocycles. The van der Waals surface area contributed by atoms with Crippen LogP contribution in [0.3, 0.4) is 0 Å². The molecule has 172 valence electrons. The Kier molecular flexibility index (Phi) is 6.42. The summed E-state index contributed by atoms with van der Waals surface area (Å²) in [6, 6.07) is 3.01. The van der Waals surface area contributed by atoms with Crippen LogP contribution in [0.2, 0.25) is 0 Å². The van der Waals surface area contributed by atoms with E-state index in [0.29, 0.717) is 5.75 Å². The zero-order valence-electron chi connectivity index (χ0n) is 18.8. The molecule has 0 radical (unpaired) electrons. The summed E-state index contributed by atoms with van der Waals surface area (Å²) in [4.78, 5) is 13.1. The van der Waals surface area contributed by atoms with Gasteiger partial charge in [-0.15, -0.1) is 0 Å². The van der Waals surface area contributed by atoms with Gasteiger partial charge in [0.15, 0.2) is 17.3 Å². The lowest BCUT2D eigenvalue weighted by atomic mass is 10.0. The van der Waals surface area contributed by atoms with Crippen LogP contribution in [-0.4, -0.2) is 54.9 Å². The molecule has 0 fully saturated rings. The zero-order chi connectivity index (χ0) is 23.6. The van der Waals surface area contributed by atoms with Crippen LogP contribution in [0.5, 0.6) is 46.0 Å². The van der Waals surface area contributed by atoms with Gasteiger partial charge in [-0.25, -0.2) is 0 Å². The second-order valence-electron chi connectivity index (χ2n) is 6.35. The van der Waals surface area contributed by atoms with Crippen LogP contribution < -0.4 is 38.6 Å². The van der Waals surface area contributed by atoms with E-state index in [1.165, 1.54) is 61.9 Å². The predicted molar refractivity (Wildman–Crippen MR) is 115 cm³/mol. The lowest BCUT2D eigenvalue weighted by molar-refractivity contribution is 0.291. The minimum atomic E-state index is -0.724. The Morgan fingerprint density at radius 2 is 1.19 bits per heavy atom. The van der Waals surface area contributed by atoms with Gasteiger partial charge in [-0.2, -0.15) is 0 Å². The van der Waals surface area contributed by atoms with Gasteiger partial charge >= 0.3 is 0 Å². The SMILES string of the molecule is COc1cc(OC)c2c(=O)c(O)c(-c3c(OC)c(OC)c(OC)c(OC)c3OC)oc2c1. The molecule has 0 aliphatic heterocycles. The fourth-order valence-electron chi connectivity index (χ4n) is 3.49. The molecule has 0 aliphatic rings. The molecular formula is C22H24O10. The normalized spacial score (nSPS) is 10.6. The lowest BCUT2D eigenvalue weighted by Crippen LogP contribution is -2.07. The lowest BCUT2D eigenvalue weighted by Gasteiger charge is -2.22. The Morgan fingerprint density at radius 3 is 1.62 bits per heavy atom. The third-order valence-corrected chi connectivity index (χ3v) is 4.89. The Hall–Kier alpha value is -3.95. The van der Waals surface area contributed by atoms with E-state index in [9.17, 15) is 9.90 Å². The molecule has 0 amide bonds. The van der Waals surface area contributed by atoms with Crippen molar-refractivity contribution in [2.45, 2.75) is 0 Å². The summed E-state index contributed by atoms with van der Waals surface area (Å²) in [5.41, 5.74) is -0.529. The maximum absolute atomic E-state index is 13.1. The van der Waals surface area contributed by atoms with Crippen LogP contribution in [0.1, 0.15) is 0 Å². The van der Waals surface area contributed by atoms with Crippen molar-refractivity contribution in [3.05, 3.63) is 22.4 Å². The molecular weight excluding hydrogens is 424 g/mol. The van der Waals surface area contributed by atoms with Crippen molar-refractivity contribution in [2.75, 3.05) is 49.8 Å². The zero-order valence-corrected chi connectivity index (χ0v) is 18.8. The molecule has 3 aromatic rings. The van der Waals surface area contributed by atoms with Gasteiger partial charge in [0.05, 0.1) is 49.8 Å². The molecule has 0 bridgehead atoms. The second kappa shape index (κ2) is 9.04. The van der Waals surface area contributed by atoms with Gasteiger partial charge in [-0.1, -0.05) is 0 Å². The molecule has 0 spiro atoms. The molecule has 32 heavy (non-hydrogen) atoms. The second-order valence-corrected chi connectivity index (χ2v) is 6.35. The van der Waals surface area contributed by atoms with Crippen LogP contribution >= 0.6 is 0 Å². The summed E-state index contributed by atoms with van der Waals surface area (Å²) >= 11 is 0. The number of benzene rings is 2. The molecule has 0 saturated heterocycles. The molecule has 1 N–H and O–H groups in total. The highest BCUT2D eigenvalue weighted by Crippen LogP contribution is 2.58. The number of hydrogen-bond acceptors (Lipinski definition) is 10. The van der Waals surface area contributed by atoms with Gasteiger partial charge in [0.25, 0.3) is 0 Å². The van der Waals surface area contributed by atoms with E-state index in [1.807, 2.05) is 0 Å². The standard InChI is InChI=1S/C22H24O10/c1-25-10-8-11(26-2)13-12(9-10)32-17(16(24)15(13)23)14-18(27-3)20(29-5)22(31-7)21(30-6)19(14)28-4/h8-9,24H,1-7H3. The molecule has 10 nitrogen and oxygen atoms in total. The van der Waals surface area contributed by atoms with Crippen molar-refractivity contribution < 1.29 is 42.7 Å². The van der Waals surface area contributed by atoms with Crippen molar-refractivity contribution in [1.29, 1.82) is 0 Å². The van der Waals surface area contributed by atoms with E-state index in [-0.39, 0.29) is 56.8 Å². The molecule has 1 heterocycles. The van der Waals surface area contributed by atoms with E-state index in [0.717, 1.165) is 0 Å². The minimum absolute atomic E-state index is 0.0416. The van der Waals surface area contributed by atoms with Crippen LogP contribution in [0.15, 0.2) is 21.3 Å². The van der Waals surface area contributed by atoms with Crippen LogP contribution in [0, 0.1) is 0 Å². The summed E-state index contributed by atoms with van der Waals surface area (Å²) < 4.78 is 44.0. The minimum Gasteiger partial charge on any atom is -0.502 e. The van der Waals surface area contributed by atoms with E-state index >= 15 is 0 Å². The van der Waals surface area contributed by atoms with Gasteiger partial charge in [-0.05, 0) is 0 Å². The van der Waals surface area contributed by atoms with E-state index < -0.39 is 11.2 Å². The third kappa shape index (κ3) is 3.33. The molecule has 1 aromatic heterocycles. The summed E-state index contributed by atoms with van der Waals surface area (Å²) in [5, 5.41) is 10.9. The van der Waals surface area contributed by atoms with Gasteiger partial charge in [0, 0.05) is 12.1 Å². The number of rotatable bonds is 8. The molecule has 10 heteroatoms. The fourth-order valence-corrected chi connectivity index (χ4v) is 3.49. The van der Waals surface area contributed by atoms with Gasteiger partial charge in [0.2, 0.25) is 28.4 Å². The Bertz CT molecular complexity index is 1180. The Balaban J connectivity index is 2.55. The summed E-state index contributed by atoms with van der Waals surface area (Å²) in [7, 11) is 9.86. The van der Waals surface area contributed by atoms with E-state index in [4.69, 9.17) is 37.6 Å². The molecule has 0 atom stereocenters. The maximum atomic E-state index is 13.1. The smallest absolute Gasteiger partial charge is 0.238 e. The predicted octanol–water partition coefficient (Wildman–Crippen LogP) is 3.23. The Labute approximate surface area is 183 Å². The Morgan fingerprint density at radius 1 is 0.688 bits per heavy atom. The fraction of sp³-hybridized carbons (Fsp3) is 0.318. The quantitative estimate of drug-likeness (QED) is 0.551. The summed E-state index contributed by atoms with van der Waals surface area (Å²) in [6.07, 6.45) is 0. The highest BCUT2D eigenvalue weighted by molar-refractivity contribution is 5.92. The average Bonchev–Trinajstić information content (AvgIpc) is 2.83. The van der Waals surface area contributed by atoms with Gasteiger partial charge < -0.3 is 42.7 Å². The number of methoxy groups -OCH3 is 7. The highest BCUT2D eigenvalue weighted by atomic mass is 16.6. The topological polar surface area (TPSA) is 115 Å². The summed E-state index contributed by atoms with van der Waals surface area (Å²) in [6.45, 7) is 0. The average molecular weight is 448 g/mol. The number of ether oxygens (including phenoxy) is 7. The monoisotopic (exact) mass is 448 g/mol. The largest absolute Gasteiger partial charge is 0.502 e. The highest BCUT2D eigenvalue weighted by Gasteiger charge is 2.33. The molecule has 0 aliphatic carbocycles.